The number of hydrogen-bond donors (Lipinski definition) is 3. The van der Waals surface area contributed by atoms with Crippen LogP contribution in [-0.2, 0) is 16.4 Å². The summed E-state index contributed by atoms with van der Waals surface area (Å²) in [7, 11) is -3.40. The molecular weight excluding hydrogens is 330 g/mol. The third-order valence-corrected chi connectivity index (χ3v) is 5.77. The third-order valence-electron chi connectivity index (χ3n) is 3.95. The van der Waals surface area contributed by atoms with E-state index < -0.39 is 10.0 Å². The van der Waals surface area contributed by atoms with Gasteiger partial charge in [0.25, 0.3) is 0 Å². The molecule has 0 spiro atoms. The lowest BCUT2D eigenvalue weighted by molar-refractivity contribution is 0.552. The number of benzene rings is 1. The van der Waals surface area contributed by atoms with Crippen LogP contribution < -0.4 is 15.4 Å². The molecule has 0 amide bonds. The van der Waals surface area contributed by atoms with E-state index in [-0.39, 0.29) is 6.04 Å². The van der Waals surface area contributed by atoms with Crippen molar-refractivity contribution in [3.63, 3.8) is 0 Å². The average molecular weight is 356 g/mol. The van der Waals surface area contributed by atoms with E-state index in [1.54, 1.807) is 12.1 Å². The fourth-order valence-corrected chi connectivity index (χ4v) is 4.26. The van der Waals surface area contributed by atoms with Crippen molar-refractivity contribution in [1.82, 2.24) is 15.4 Å². The molecular formula is C16H25N3O2S2. The normalized spacial score (nSPS) is 15.5. The van der Waals surface area contributed by atoms with Crippen LogP contribution in [0.3, 0.4) is 0 Å². The van der Waals surface area contributed by atoms with Crippen molar-refractivity contribution in [2.45, 2.75) is 50.0 Å². The predicted molar refractivity (Wildman–Crippen MR) is 97.0 cm³/mol. The molecule has 1 fully saturated rings. The molecule has 0 saturated heterocycles. The van der Waals surface area contributed by atoms with E-state index >= 15 is 0 Å². The highest BCUT2D eigenvalue weighted by Gasteiger charge is 2.22. The average Bonchev–Trinajstić information content (AvgIpc) is 3.00. The van der Waals surface area contributed by atoms with Gasteiger partial charge in [-0.2, -0.15) is 0 Å². The molecule has 0 bridgehead atoms. The molecule has 23 heavy (non-hydrogen) atoms. The van der Waals surface area contributed by atoms with Gasteiger partial charge in [0.1, 0.15) is 0 Å². The van der Waals surface area contributed by atoms with E-state index in [1.165, 1.54) is 0 Å². The first-order chi connectivity index (χ1) is 11.0. The quantitative estimate of drug-likeness (QED) is 0.652. The fraction of sp³-hybridized carbons (Fsp3) is 0.562. The maximum Gasteiger partial charge on any atom is 0.240 e. The van der Waals surface area contributed by atoms with Crippen LogP contribution in [-0.4, -0.2) is 32.7 Å². The molecule has 0 unspecified atom stereocenters. The molecule has 0 radical (unpaired) electrons. The lowest BCUT2D eigenvalue weighted by Gasteiger charge is -2.13. The summed E-state index contributed by atoms with van der Waals surface area (Å²) in [5.41, 5.74) is 1.08. The van der Waals surface area contributed by atoms with E-state index in [1.807, 2.05) is 19.1 Å². The summed E-state index contributed by atoms with van der Waals surface area (Å²) < 4.78 is 27.4. The Hall–Kier alpha value is -1.18. The van der Waals surface area contributed by atoms with E-state index in [0.29, 0.717) is 10.0 Å². The van der Waals surface area contributed by atoms with Gasteiger partial charge < -0.3 is 10.6 Å². The van der Waals surface area contributed by atoms with Gasteiger partial charge in [0.15, 0.2) is 5.11 Å². The second-order valence-electron chi connectivity index (χ2n) is 5.78. The first kappa shape index (κ1) is 18.2. The molecule has 0 aromatic heterocycles. The Morgan fingerprint density at radius 1 is 1.17 bits per heavy atom. The van der Waals surface area contributed by atoms with Crippen LogP contribution in [0.15, 0.2) is 29.2 Å². The molecule has 1 aromatic carbocycles. The van der Waals surface area contributed by atoms with Crippen molar-refractivity contribution in [1.29, 1.82) is 0 Å². The molecule has 3 N–H and O–H groups in total. The Morgan fingerprint density at radius 2 is 1.83 bits per heavy atom. The third kappa shape index (κ3) is 5.75. The van der Waals surface area contributed by atoms with Crippen molar-refractivity contribution in [2.75, 3.05) is 13.1 Å². The van der Waals surface area contributed by atoms with Crippen LogP contribution >= 0.6 is 12.2 Å². The highest BCUT2D eigenvalue weighted by atomic mass is 32.2. The minimum atomic E-state index is -3.40. The topological polar surface area (TPSA) is 70.2 Å². The van der Waals surface area contributed by atoms with Crippen LogP contribution in [0.25, 0.3) is 0 Å². The zero-order valence-electron chi connectivity index (χ0n) is 13.5. The summed E-state index contributed by atoms with van der Waals surface area (Å²) in [6.45, 7) is 3.51. The van der Waals surface area contributed by atoms with Crippen molar-refractivity contribution in [3.05, 3.63) is 29.8 Å². The molecule has 1 aliphatic carbocycles. The Bertz CT molecular complexity index is 609. The maximum atomic E-state index is 12.3. The molecule has 0 aliphatic heterocycles. The lowest BCUT2D eigenvalue weighted by Crippen LogP contribution is -2.36. The predicted octanol–water partition coefficient (Wildman–Crippen LogP) is 1.93. The number of thiocarbonyl (C=S) groups is 1. The smallest absolute Gasteiger partial charge is 0.240 e. The van der Waals surface area contributed by atoms with Crippen molar-refractivity contribution < 1.29 is 8.42 Å². The van der Waals surface area contributed by atoms with Gasteiger partial charge in [0.05, 0.1) is 4.90 Å². The summed E-state index contributed by atoms with van der Waals surface area (Å²) >= 11 is 5.10. The SMILES string of the molecule is CCNC(=S)NCCc1ccc(S(=O)(=O)NC2CCCC2)cc1. The Morgan fingerprint density at radius 3 is 2.43 bits per heavy atom. The van der Waals surface area contributed by atoms with Crippen molar-refractivity contribution in [3.8, 4) is 0 Å². The van der Waals surface area contributed by atoms with Crippen molar-refractivity contribution >= 4 is 27.4 Å². The largest absolute Gasteiger partial charge is 0.363 e. The summed E-state index contributed by atoms with van der Waals surface area (Å²) in [4.78, 5) is 0.337. The van der Waals surface area contributed by atoms with Gasteiger partial charge in [0.2, 0.25) is 10.0 Å². The second kappa shape index (κ2) is 8.61. The second-order valence-corrected chi connectivity index (χ2v) is 7.91. The molecule has 5 nitrogen and oxygen atoms in total. The molecule has 0 heterocycles. The van der Waals surface area contributed by atoms with Gasteiger partial charge in [-0.1, -0.05) is 25.0 Å². The molecule has 1 saturated carbocycles. The Labute approximate surface area is 144 Å². The zero-order valence-corrected chi connectivity index (χ0v) is 15.1. The Balaban J connectivity index is 1.87. The number of sulfonamides is 1. The highest BCUT2D eigenvalue weighted by molar-refractivity contribution is 7.89. The summed E-state index contributed by atoms with van der Waals surface area (Å²) in [5, 5.41) is 6.79. The minimum Gasteiger partial charge on any atom is -0.363 e. The number of nitrogens with one attached hydrogen (secondary N) is 3. The van der Waals surface area contributed by atoms with Gasteiger partial charge in [0, 0.05) is 19.1 Å². The van der Waals surface area contributed by atoms with Crippen molar-refractivity contribution in [2.24, 2.45) is 0 Å². The van der Waals surface area contributed by atoms with Gasteiger partial charge in [-0.15, -0.1) is 0 Å². The number of hydrogen-bond acceptors (Lipinski definition) is 3. The Kier molecular flexibility index (Phi) is 6.80. The molecule has 128 valence electrons. The highest BCUT2D eigenvalue weighted by Crippen LogP contribution is 2.20. The zero-order chi connectivity index (χ0) is 16.7. The van der Waals surface area contributed by atoms with Crippen LogP contribution in [0.1, 0.15) is 38.2 Å². The van der Waals surface area contributed by atoms with Crippen LogP contribution in [0, 0.1) is 0 Å². The van der Waals surface area contributed by atoms with Gasteiger partial charge >= 0.3 is 0 Å². The van der Waals surface area contributed by atoms with Gasteiger partial charge in [-0.25, -0.2) is 13.1 Å². The monoisotopic (exact) mass is 355 g/mol. The lowest BCUT2D eigenvalue weighted by atomic mass is 10.1. The van der Waals surface area contributed by atoms with Crippen LogP contribution in [0.4, 0.5) is 0 Å². The summed E-state index contributed by atoms with van der Waals surface area (Å²) in [6.07, 6.45) is 4.88. The standard InChI is InChI=1S/C16H25N3O2S2/c1-2-17-16(22)18-12-11-13-7-9-15(10-8-13)23(20,21)19-14-5-3-4-6-14/h7-10,14,19H,2-6,11-12H2,1H3,(H2,17,18,22). The first-order valence-corrected chi connectivity index (χ1v) is 10.0. The van der Waals surface area contributed by atoms with E-state index in [2.05, 4.69) is 15.4 Å². The summed E-state index contributed by atoms with van der Waals surface area (Å²) in [5.74, 6) is 0. The van der Waals surface area contributed by atoms with Crippen LogP contribution in [0.5, 0.6) is 0 Å². The molecule has 0 atom stereocenters. The van der Waals surface area contributed by atoms with E-state index in [9.17, 15) is 8.42 Å². The maximum absolute atomic E-state index is 12.3. The van der Waals surface area contributed by atoms with Gasteiger partial charge in [-0.3, -0.25) is 0 Å². The summed E-state index contributed by atoms with van der Waals surface area (Å²) in [6, 6.07) is 7.17. The minimum absolute atomic E-state index is 0.0935. The first-order valence-electron chi connectivity index (χ1n) is 8.14. The molecule has 1 aromatic rings. The number of rotatable bonds is 7. The van der Waals surface area contributed by atoms with Crippen LogP contribution in [0.2, 0.25) is 0 Å². The van der Waals surface area contributed by atoms with Gasteiger partial charge in [-0.05, 0) is 56.1 Å². The van der Waals surface area contributed by atoms with E-state index in [4.69, 9.17) is 12.2 Å². The fourth-order valence-electron chi connectivity index (χ4n) is 2.71. The van der Waals surface area contributed by atoms with E-state index in [0.717, 1.165) is 50.8 Å². The molecule has 1 aliphatic rings. The molecule has 2 rings (SSSR count). The molecule has 7 heteroatoms.